The molecule has 2 aromatic carbocycles. The summed E-state index contributed by atoms with van der Waals surface area (Å²) in [7, 11) is 0. The van der Waals surface area contributed by atoms with Crippen LogP contribution in [0.15, 0.2) is 73.3 Å². The number of likely N-dealkylation sites (tertiary alicyclic amines) is 1. The third-order valence-corrected chi connectivity index (χ3v) is 6.02. The van der Waals surface area contributed by atoms with Crippen LogP contribution in [0.2, 0.25) is 0 Å². The molecular weight excluding hydrogens is 532 g/mol. The van der Waals surface area contributed by atoms with Gasteiger partial charge in [-0.2, -0.15) is 0 Å². The van der Waals surface area contributed by atoms with Crippen molar-refractivity contribution in [3.8, 4) is 11.1 Å². The molecule has 1 aliphatic heterocycles. The van der Waals surface area contributed by atoms with Crippen molar-refractivity contribution in [2.75, 3.05) is 13.1 Å². The molecular formula is C34H50N2O6. The molecule has 0 aliphatic carbocycles. The number of carboxylic acid groups (broad SMARTS) is 1. The highest BCUT2D eigenvalue weighted by Gasteiger charge is 2.33. The molecule has 2 aromatic rings. The molecule has 1 aliphatic rings. The van der Waals surface area contributed by atoms with E-state index in [0.717, 1.165) is 24.8 Å². The van der Waals surface area contributed by atoms with Gasteiger partial charge < -0.3 is 25.5 Å². The van der Waals surface area contributed by atoms with Crippen LogP contribution in [-0.4, -0.2) is 63.3 Å². The van der Waals surface area contributed by atoms with Gasteiger partial charge in [-0.1, -0.05) is 88.4 Å². The molecule has 3 rings (SSSR count). The summed E-state index contributed by atoms with van der Waals surface area (Å²) >= 11 is 0. The van der Waals surface area contributed by atoms with E-state index in [9.17, 15) is 29.7 Å². The highest BCUT2D eigenvalue weighted by Crippen LogP contribution is 2.24. The smallest absolute Gasteiger partial charge is 0.336 e. The maximum absolute atomic E-state index is 12.3. The van der Waals surface area contributed by atoms with Crippen LogP contribution in [0.5, 0.6) is 0 Å². The second-order valence-corrected chi connectivity index (χ2v) is 9.24. The first-order chi connectivity index (χ1) is 20.2. The van der Waals surface area contributed by atoms with Gasteiger partial charge in [0.2, 0.25) is 0 Å². The molecule has 2 unspecified atom stereocenters. The molecule has 0 aromatic heterocycles. The minimum absolute atomic E-state index is 0.0847. The van der Waals surface area contributed by atoms with Gasteiger partial charge in [-0.15, -0.1) is 6.58 Å². The zero-order chi connectivity index (χ0) is 31.9. The molecule has 8 nitrogen and oxygen atoms in total. The topological polar surface area (TPSA) is 127 Å². The van der Waals surface area contributed by atoms with Crippen LogP contribution in [0, 0.1) is 0 Å². The number of benzene rings is 2. The first-order valence-corrected chi connectivity index (χ1v) is 14.8. The minimum Gasteiger partial charge on any atom is -0.478 e. The summed E-state index contributed by atoms with van der Waals surface area (Å²) in [5, 5.41) is 32.0. The van der Waals surface area contributed by atoms with Crippen molar-refractivity contribution in [1.82, 2.24) is 10.2 Å². The Balaban J connectivity index is 0.00000132. The van der Waals surface area contributed by atoms with Crippen LogP contribution in [0.25, 0.3) is 11.1 Å². The highest BCUT2D eigenvalue weighted by atomic mass is 16.4. The summed E-state index contributed by atoms with van der Waals surface area (Å²) in [5.41, 5.74) is 2.21. The van der Waals surface area contributed by atoms with Gasteiger partial charge >= 0.3 is 5.97 Å². The lowest BCUT2D eigenvalue weighted by Crippen LogP contribution is -2.51. The molecule has 0 bridgehead atoms. The number of allylic oxidation sites excluding steroid dienone is 3. The number of piperidine rings is 1. The van der Waals surface area contributed by atoms with Crippen molar-refractivity contribution in [2.45, 2.75) is 85.5 Å². The predicted octanol–water partition coefficient (Wildman–Crippen LogP) is 5.98. The van der Waals surface area contributed by atoms with E-state index in [4.69, 9.17) is 0 Å². The Bertz CT molecular complexity index is 1090. The zero-order valence-corrected chi connectivity index (χ0v) is 25.9. The number of hydrogen-bond donors (Lipinski definition) is 4. The molecule has 8 heteroatoms. The number of aliphatic hydroxyl groups excluding tert-OH is 2. The van der Waals surface area contributed by atoms with Gasteiger partial charge in [0, 0.05) is 19.6 Å². The van der Waals surface area contributed by atoms with Crippen molar-refractivity contribution in [2.24, 2.45) is 0 Å². The lowest BCUT2D eigenvalue weighted by atomic mass is 9.99. The van der Waals surface area contributed by atoms with E-state index in [0.29, 0.717) is 24.2 Å². The van der Waals surface area contributed by atoms with Crippen LogP contribution in [0.4, 0.5) is 0 Å². The van der Waals surface area contributed by atoms with Gasteiger partial charge in [-0.3, -0.25) is 9.59 Å². The Kier molecular flexibility index (Phi) is 20.8. The average Bonchev–Trinajstić information content (AvgIpc) is 3.03. The average molecular weight is 583 g/mol. The number of aliphatic hydroxyl groups is 2. The molecule has 0 radical (unpaired) electrons. The van der Waals surface area contributed by atoms with Gasteiger partial charge in [0.15, 0.2) is 12.2 Å². The van der Waals surface area contributed by atoms with Crippen LogP contribution in [-0.2, 0) is 16.1 Å². The van der Waals surface area contributed by atoms with Gasteiger partial charge in [-0.05, 0) is 61.8 Å². The first-order valence-electron chi connectivity index (χ1n) is 14.8. The standard InChI is InChI=1S/C23H26N2O6.C6H12.C3H6.C2H6/c26-19(20(27)22(29)25-12-4-1-5-13-25)21(28)24-14-15-8-10-16(11-9-15)17-6-2-3-7-18(17)23(30)31;1-3-5-6-4-2;1-3-2;1-2/h2-3,6-11,19-20,26-27H,1,4-5,12-14H2,(H,24,28)(H,30,31);5-6H,3-4H2,1-2H3;3H,1H2,2H3;1-2H3/b;6-5-;;. The summed E-state index contributed by atoms with van der Waals surface area (Å²) in [6.45, 7) is 14.7. The van der Waals surface area contributed by atoms with Gasteiger partial charge in [0.05, 0.1) is 5.56 Å². The van der Waals surface area contributed by atoms with E-state index in [1.807, 2.05) is 20.8 Å². The van der Waals surface area contributed by atoms with E-state index in [2.05, 4.69) is 37.9 Å². The summed E-state index contributed by atoms with van der Waals surface area (Å²) in [4.78, 5) is 37.3. The van der Waals surface area contributed by atoms with Crippen molar-refractivity contribution >= 4 is 17.8 Å². The maximum Gasteiger partial charge on any atom is 0.336 e. The number of carboxylic acids is 1. The van der Waals surface area contributed by atoms with E-state index in [1.165, 1.54) is 23.8 Å². The van der Waals surface area contributed by atoms with Gasteiger partial charge in [-0.25, -0.2) is 4.79 Å². The van der Waals surface area contributed by atoms with E-state index < -0.39 is 30.0 Å². The normalized spacial score (nSPS) is 13.5. The molecule has 2 atom stereocenters. The molecule has 4 N–H and O–H groups in total. The SMILES string of the molecule is C=CC.CC.CC/C=C\CC.O=C(O)c1ccccc1-c1ccc(CNC(=O)C(O)C(O)C(=O)N2CCCCC2)cc1. The largest absolute Gasteiger partial charge is 0.478 e. The Morgan fingerprint density at radius 2 is 1.43 bits per heavy atom. The quantitative estimate of drug-likeness (QED) is 0.269. The minimum atomic E-state index is -1.85. The molecule has 1 heterocycles. The fraction of sp³-hybridized carbons (Fsp3) is 0.441. The number of nitrogens with one attached hydrogen (secondary N) is 1. The highest BCUT2D eigenvalue weighted by molar-refractivity contribution is 5.96. The molecule has 0 saturated carbocycles. The third-order valence-electron chi connectivity index (χ3n) is 6.02. The lowest BCUT2D eigenvalue weighted by molar-refractivity contribution is -0.153. The Hall–Kier alpha value is -3.75. The number of carbonyl (C=O) groups is 3. The number of aromatic carboxylic acids is 1. The lowest BCUT2D eigenvalue weighted by Gasteiger charge is -2.29. The Labute approximate surface area is 251 Å². The molecule has 1 saturated heterocycles. The maximum atomic E-state index is 12.3. The number of nitrogens with zero attached hydrogens (tertiary/aromatic N) is 1. The third kappa shape index (κ3) is 13.7. The van der Waals surface area contributed by atoms with Crippen molar-refractivity contribution in [3.63, 3.8) is 0 Å². The summed E-state index contributed by atoms with van der Waals surface area (Å²) in [6, 6.07) is 13.6. The van der Waals surface area contributed by atoms with Crippen LogP contribution >= 0.6 is 0 Å². The van der Waals surface area contributed by atoms with E-state index in [-0.39, 0.29) is 12.1 Å². The number of hydrogen-bond acceptors (Lipinski definition) is 5. The van der Waals surface area contributed by atoms with Crippen LogP contribution < -0.4 is 5.32 Å². The summed E-state index contributed by atoms with van der Waals surface area (Å²) in [6.07, 6.45) is 7.51. The molecule has 1 fully saturated rings. The van der Waals surface area contributed by atoms with Crippen molar-refractivity contribution in [3.05, 3.63) is 84.5 Å². The zero-order valence-electron chi connectivity index (χ0n) is 25.9. The summed E-state index contributed by atoms with van der Waals surface area (Å²) in [5.74, 6) is -2.49. The number of rotatable bonds is 9. The van der Waals surface area contributed by atoms with E-state index in [1.54, 1.807) is 48.5 Å². The second kappa shape index (κ2) is 22.9. The first kappa shape index (κ1) is 38.2. The predicted molar refractivity (Wildman–Crippen MR) is 170 cm³/mol. The van der Waals surface area contributed by atoms with E-state index >= 15 is 0 Å². The molecule has 232 valence electrons. The van der Waals surface area contributed by atoms with Crippen molar-refractivity contribution < 1.29 is 29.7 Å². The van der Waals surface area contributed by atoms with Gasteiger partial charge in [0.1, 0.15) is 0 Å². The van der Waals surface area contributed by atoms with Crippen LogP contribution in [0.1, 0.15) is 82.6 Å². The molecule has 0 spiro atoms. The summed E-state index contributed by atoms with van der Waals surface area (Å²) < 4.78 is 0. The Morgan fingerprint density at radius 1 is 0.905 bits per heavy atom. The molecule has 42 heavy (non-hydrogen) atoms. The van der Waals surface area contributed by atoms with Gasteiger partial charge in [0.25, 0.3) is 11.8 Å². The number of amides is 2. The Morgan fingerprint density at radius 3 is 1.93 bits per heavy atom. The van der Waals surface area contributed by atoms with Crippen LogP contribution in [0.3, 0.4) is 0 Å². The fourth-order valence-electron chi connectivity index (χ4n) is 3.93. The second-order valence-electron chi connectivity index (χ2n) is 9.24. The van der Waals surface area contributed by atoms with Crippen molar-refractivity contribution in [1.29, 1.82) is 0 Å². The monoisotopic (exact) mass is 582 g/mol. The molecule has 2 amide bonds. The number of carbonyl (C=O) groups excluding carboxylic acids is 2. The fourth-order valence-corrected chi connectivity index (χ4v) is 3.93.